The van der Waals surface area contributed by atoms with Crippen LogP contribution in [0.15, 0.2) is 71.0 Å². The van der Waals surface area contributed by atoms with Gasteiger partial charge in [0.2, 0.25) is 0 Å². The Labute approximate surface area is 297 Å². The van der Waals surface area contributed by atoms with Crippen LogP contribution < -0.4 is 25.5 Å². The lowest BCUT2D eigenvalue weighted by Crippen LogP contribution is -2.45. The maximum Gasteiger partial charge on any atom is 0.338 e. The molecule has 230 valence electrons. The summed E-state index contributed by atoms with van der Waals surface area (Å²) in [6, 6.07) is 15.5. The number of carbonyl (C=O) groups excluding carboxylic acids is 2. The SMILES string of the molecule is CCOC(=O)C1=C(C)NC(=S)N[C@H]1c1ccccc1OCC(=O)NN=Cc1cc(I)c(OCc2ccc(Cl)cc2Cl)c(I)c1. The second-order valence-electron chi connectivity index (χ2n) is 9.25. The van der Waals surface area contributed by atoms with Crippen LogP contribution in [0.3, 0.4) is 0 Å². The van der Waals surface area contributed by atoms with Crippen molar-refractivity contribution in [1.29, 1.82) is 0 Å². The molecule has 3 aromatic carbocycles. The molecule has 14 heteroatoms. The van der Waals surface area contributed by atoms with Crippen molar-refractivity contribution < 1.29 is 23.8 Å². The molecule has 0 unspecified atom stereocenters. The zero-order chi connectivity index (χ0) is 31.8. The number of nitrogens with one attached hydrogen (secondary N) is 3. The Morgan fingerprint density at radius 1 is 1.09 bits per heavy atom. The number of amides is 1. The van der Waals surface area contributed by atoms with E-state index in [-0.39, 0.29) is 19.8 Å². The zero-order valence-electron chi connectivity index (χ0n) is 23.4. The van der Waals surface area contributed by atoms with E-state index in [1.165, 1.54) is 6.21 Å². The second kappa shape index (κ2) is 16.1. The van der Waals surface area contributed by atoms with Crippen molar-refractivity contribution in [3.05, 3.63) is 99.7 Å². The predicted octanol–water partition coefficient (Wildman–Crippen LogP) is 6.67. The minimum Gasteiger partial charge on any atom is -0.487 e. The largest absolute Gasteiger partial charge is 0.487 e. The van der Waals surface area contributed by atoms with Crippen LogP contribution in [0.4, 0.5) is 0 Å². The molecule has 0 bridgehead atoms. The van der Waals surface area contributed by atoms with Gasteiger partial charge in [-0.1, -0.05) is 47.5 Å². The molecule has 0 radical (unpaired) electrons. The molecule has 0 fully saturated rings. The average Bonchev–Trinajstić information content (AvgIpc) is 2.96. The molecule has 1 aliphatic rings. The molecule has 9 nitrogen and oxygen atoms in total. The molecule has 1 atom stereocenters. The minimum absolute atomic E-state index is 0.224. The highest BCUT2D eigenvalue weighted by Gasteiger charge is 2.32. The maximum atomic E-state index is 12.7. The van der Waals surface area contributed by atoms with E-state index in [9.17, 15) is 9.59 Å². The third-order valence-corrected chi connectivity index (χ3v) is 8.57. The number of thiocarbonyl (C=S) groups is 1. The number of ether oxygens (including phenoxy) is 3. The van der Waals surface area contributed by atoms with Gasteiger partial charge in [-0.3, -0.25) is 4.79 Å². The number of allylic oxidation sites excluding steroid dienone is 1. The summed E-state index contributed by atoms with van der Waals surface area (Å²) >= 11 is 21.9. The standard InChI is InChI=1S/C30H26Cl2I2N4O5S/c1-3-41-29(40)26-16(2)36-30(44)37-27(26)20-6-4-5-7-24(20)42-15-25(39)38-35-13-17-10-22(33)28(23(34)11-17)43-14-18-8-9-19(31)12-21(18)32/h4-13,27H,3,14-15H2,1-2H3,(H,38,39)(H2,36,37,44)/t27-/m0/s1. The predicted molar refractivity (Wildman–Crippen MR) is 191 cm³/mol. The molecule has 44 heavy (non-hydrogen) atoms. The summed E-state index contributed by atoms with van der Waals surface area (Å²) in [7, 11) is 0. The summed E-state index contributed by atoms with van der Waals surface area (Å²) in [4.78, 5) is 25.3. The first-order valence-electron chi connectivity index (χ1n) is 13.1. The molecule has 0 saturated heterocycles. The summed E-state index contributed by atoms with van der Waals surface area (Å²) in [6.07, 6.45) is 1.54. The average molecular weight is 879 g/mol. The monoisotopic (exact) mass is 878 g/mol. The Bertz CT molecular complexity index is 1630. The fourth-order valence-corrected chi connectivity index (χ4v) is 7.05. The van der Waals surface area contributed by atoms with Gasteiger partial charge in [0.25, 0.3) is 5.91 Å². The molecular weight excluding hydrogens is 853 g/mol. The number of hydrazone groups is 1. The topological polar surface area (TPSA) is 110 Å². The number of para-hydroxylation sites is 1. The van der Waals surface area contributed by atoms with E-state index in [4.69, 9.17) is 49.6 Å². The number of nitrogens with zero attached hydrogens (tertiary/aromatic N) is 1. The van der Waals surface area contributed by atoms with Gasteiger partial charge < -0.3 is 24.8 Å². The van der Waals surface area contributed by atoms with Crippen LogP contribution in [0.1, 0.15) is 36.6 Å². The van der Waals surface area contributed by atoms with Crippen LogP contribution in [0.25, 0.3) is 0 Å². The Kier molecular flexibility index (Phi) is 12.5. The fraction of sp³-hybridized carbons (Fsp3) is 0.200. The van der Waals surface area contributed by atoms with Crippen LogP contribution in [-0.2, 0) is 20.9 Å². The van der Waals surface area contributed by atoms with Crippen LogP contribution in [0.5, 0.6) is 11.5 Å². The normalized spacial score (nSPS) is 14.6. The van der Waals surface area contributed by atoms with Crippen LogP contribution in [-0.4, -0.2) is 36.4 Å². The number of rotatable bonds is 11. The third-order valence-electron chi connectivity index (χ3n) is 6.16. The van der Waals surface area contributed by atoms with E-state index >= 15 is 0 Å². The van der Waals surface area contributed by atoms with E-state index in [2.05, 4.69) is 66.3 Å². The molecule has 1 heterocycles. The van der Waals surface area contributed by atoms with Gasteiger partial charge in [-0.05, 0) is 107 Å². The van der Waals surface area contributed by atoms with E-state index in [1.807, 2.05) is 24.3 Å². The van der Waals surface area contributed by atoms with E-state index in [1.54, 1.807) is 44.2 Å². The van der Waals surface area contributed by atoms with Crippen molar-refractivity contribution in [1.82, 2.24) is 16.1 Å². The molecule has 0 spiro atoms. The Hall–Kier alpha value is -2.66. The van der Waals surface area contributed by atoms with E-state index in [0.29, 0.717) is 43.5 Å². The molecular formula is C30H26Cl2I2N4O5S. The van der Waals surface area contributed by atoms with Crippen LogP contribution in [0.2, 0.25) is 10.0 Å². The number of hydrogen-bond acceptors (Lipinski definition) is 7. The second-order valence-corrected chi connectivity index (χ2v) is 12.8. The molecule has 0 saturated carbocycles. The highest BCUT2D eigenvalue weighted by atomic mass is 127. The van der Waals surface area contributed by atoms with Gasteiger partial charge in [-0.25, -0.2) is 10.2 Å². The smallest absolute Gasteiger partial charge is 0.338 e. The minimum atomic E-state index is -0.625. The van der Waals surface area contributed by atoms with E-state index < -0.39 is 17.9 Å². The lowest BCUT2D eigenvalue weighted by Gasteiger charge is -2.30. The third kappa shape index (κ3) is 8.96. The van der Waals surface area contributed by atoms with Crippen molar-refractivity contribution in [2.45, 2.75) is 26.5 Å². The van der Waals surface area contributed by atoms with Crippen LogP contribution >= 0.6 is 80.6 Å². The first-order chi connectivity index (χ1) is 21.1. The number of hydrogen-bond donors (Lipinski definition) is 3. The van der Waals surface area contributed by atoms with Gasteiger partial charge in [-0.15, -0.1) is 0 Å². The Balaban J connectivity index is 1.38. The lowest BCUT2D eigenvalue weighted by molar-refractivity contribution is -0.139. The number of carbonyl (C=O) groups is 2. The fourth-order valence-electron chi connectivity index (χ4n) is 4.19. The first-order valence-corrected chi connectivity index (χ1v) is 16.4. The molecule has 3 aromatic rings. The van der Waals surface area contributed by atoms with Gasteiger partial charge in [-0.2, -0.15) is 5.10 Å². The summed E-state index contributed by atoms with van der Waals surface area (Å²) in [5.41, 5.74) is 5.65. The number of esters is 1. The van der Waals surface area contributed by atoms with Crippen molar-refractivity contribution in [3.8, 4) is 11.5 Å². The van der Waals surface area contributed by atoms with Gasteiger partial charge >= 0.3 is 5.97 Å². The Morgan fingerprint density at radius 3 is 2.52 bits per heavy atom. The van der Waals surface area contributed by atoms with Crippen molar-refractivity contribution in [2.75, 3.05) is 13.2 Å². The van der Waals surface area contributed by atoms with Gasteiger partial charge in [0, 0.05) is 26.9 Å². The quantitative estimate of drug-likeness (QED) is 0.0646. The Morgan fingerprint density at radius 2 is 1.82 bits per heavy atom. The summed E-state index contributed by atoms with van der Waals surface area (Å²) in [5.74, 6) is 0.175. The highest BCUT2D eigenvalue weighted by molar-refractivity contribution is 14.1. The summed E-state index contributed by atoms with van der Waals surface area (Å²) in [6.45, 7) is 3.69. The van der Waals surface area contributed by atoms with Gasteiger partial charge in [0.15, 0.2) is 11.7 Å². The molecule has 0 aromatic heterocycles. The number of halogens is 4. The summed E-state index contributed by atoms with van der Waals surface area (Å²) < 4.78 is 18.9. The number of benzene rings is 3. The first kappa shape index (κ1) is 34.2. The lowest BCUT2D eigenvalue weighted by atomic mass is 9.95. The molecule has 4 rings (SSSR count). The summed E-state index contributed by atoms with van der Waals surface area (Å²) in [5, 5.41) is 11.6. The van der Waals surface area contributed by atoms with Crippen molar-refractivity contribution >= 4 is 104 Å². The zero-order valence-corrected chi connectivity index (χ0v) is 30.0. The molecule has 0 aliphatic carbocycles. The van der Waals surface area contributed by atoms with Crippen LogP contribution in [0, 0.1) is 7.14 Å². The van der Waals surface area contributed by atoms with Crippen molar-refractivity contribution in [2.24, 2.45) is 5.10 Å². The molecule has 1 aliphatic heterocycles. The van der Waals surface area contributed by atoms with Gasteiger partial charge in [0.05, 0.1) is 31.6 Å². The van der Waals surface area contributed by atoms with E-state index in [0.717, 1.165) is 18.3 Å². The highest BCUT2D eigenvalue weighted by Crippen LogP contribution is 2.34. The van der Waals surface area contributed by atoms with Gasteiger partial charge in [0.1, 0.15) is 18.1 Å². The molecule has 1 amide bonds. The maximum absolute atomic E-state index is 12.7. The molecule has 3 N–H and O–H groups in total. The van der Waals surface area contributed by atoms with Crippen molar-refractivity contribution in [3.63, 3.8) is 0 Å².